The fourth-order valence-electron chi connectivity index (χ4n) is 2.65. The molecule has 0 aromatic carbocycles. The van der Waals surface area contributed by atoms with Gasteiger partial charge in [-0.1, -0.05) is 33.6 Å². The normalized spacial score (nSPS) is 15.4. The first-order chi connectivity index (χ1) is 9.76. The van der Waals surface area contributed by atoms with E-state index in [9.17, 15) is 0 Å². The molecule has 20 heavy (non-hydrogen) atoms. The third-order valence-electron chi connectivity index (χ3n) is 4.48. The first kappa shape index (κ1) is 15.6. The molecule has 1 aromatic rings. The largest absolute Gasteiger partial charge is 0.468 e. The van der Waals surface area contributed by atoms with Crippen LogP contribution in [-0.4, -0.2) is 24.0 Å². The summed E-state index contributed by atoms with van der Waals surface area (Å²) in [6.45, 7) is 11.1. The highest BCUT2D eigenvalue weighted by molar-refractivity contribution is 5.17. The van der Waals surface area contributed by atoms with E-state index in [1.165, 1.54) is 37.8 Å². The van der Waals surface area contributed by atoms with Crippen molar-refractivity contribution in [2.24, 2.45) is 5.92 Å². The SMILES string of the molecule is CCC(CC)CN(CC)Cc1ccoc1CNC1CC1. The van der Waals surface area contributed by atoms with Crippen molar-refractivity contribution in [2.75, 3.05) is 13.1 Å². The standard InChI is InChI=1S/C17H30N2O/c1-4-14(5-2)12-19(6-3)13-15-9-10-20-17(15)11-18-16-7-8-16/h9-10,14,16,18H,4-8,11-13H2,1-3H3. The second-order valence-corrected chi connectivity index (χ2v) is 6.03. The highest BCUT2D eigenvalue weighted by Gasteiger charge is 2.21. The van der Waals surface area contributed by atoms with Crippen LogP contribution in [0.3, 0.4) is 0 Å². The molecule has 1 N–H and O–H groups in total. The number of furan rings is 1. The summed E-state index contributed by atoms with van der Waals surface area (Å²) in [7, 11) is 0. The average Bonchev–Trinajstić information content (AvgIpc) is 3.20. The Morgan fingerprint density at radius 1 is 1.30 bits per heavy atom. The number of rotatable bonds is 10. The molecule has 3 heteroatoms. The minimum absolute atomic E-state index is 0.736. The number of nitrogens with zero attached hydrogens (tertiary/aromatic N) is 1. The Labute approximate surface area is 123 Å². The molecule has 2 rings (SSSR count). The first-order valence-electron chi connectivity index (χ1n) is 8.27. The summed E-state index contributed by atoms with van der Waals surface area (Å²) in [5.74, 6) is 1.94. The number of nitrogens with one attached hydrogen (secondary N) is 1. The molecular weight excluding hydrogens is 248 g/mol. The van der Waals surface area contributed by atoms with Crippen molar-refractivity contribution in [1.82, 2.24) is 10.2 Å². The van der Waals surface area contributed by atoms with Crippen molar-refractivity contribution in [1.29, 1.82) is 0 Å². The Bertz CT molecular complexity index is 380. The van der Waals surface area contributed by atoms with Gasteiger partial charge in [0.2, 0.25) is 0 Å². The van der Waals surface area contributed by atoms with Crippen LogP contribution in [0.4, 0.5) is 0 Å². The topological polar surface area (TPSA) is 28.4 Å². The molecule has 1 heterocycles. The molecule has 0 aliphatic heterocycles. The van der Waals surface area contributed by atoms with Gasteiger partial charge in [-0.15, -0.1) is 0 Å². The third-order valence-corrected chi connectivity index (χ3v) is 4.48. The highest BCUT2D eigenvalue weighted by Crippen LogP contribution is 2.21. The Hall–Kier alpha value is -0.800. The van der Waals surface area contributed by atoms with Gasteiger partial charge in [0.1, 0.15) is 5.76 Å². The highest BCUT2D eigenvalue weighted by atomic mass is 16.3. The Morgan fingerprint density at radius 2 is 2.05 bits per heavy atom. The summed E-state index contributed by atoms with van der Waals surface area (Å²) in [5.41, 5.74) is 1.35. The fraction of sp³-hybridized carbons (Fsp3) is 0.765. The van der Waals surface area contributed by atoms with Crippen molar-refractivity contribution in [2.45, 2.75) is 65.6 Å². The van der Waals surface area contributed by atoms with Gasteiger partial charge in [0.25, 0.3) is 0 Å². The van der Waals surface area contributed by atoms with Crippen LogP contribution in [0.15, 0.2) is 16.7 Å². The maximum atomic E-state index is 5.66. The quantitative estimate of drug-likeness (QED) is 0.706. The molecular formula is C17H30N2O. The average molecular weight is 278 g/mol. The Balaban J connectivity index is 1.87. The van der Waals surface area contributed by atoms with E-state index in [1.54, 1.807) is 0 Å². The molecule has 0 bridgehead atoms. The minimum atomic E-state index is 0.736. The van der Waals surface area contributed by atoms with Gasteiger partial charge in [-0.25, -0.2) is 0 Å². The summed E-state index contributed by atoms with van der Waals surface area (Å²) in [6, 6.07) is 2.87. The predicted octanol–water partition coefficient (Wildman–Crippen LogP) is 3.79. The molecule has 1 saturated carbocycles. The van der Waals surface area contributed by atoms with Crippen molar-refractivity contribution in [3.8, 4) is 0 Å². The van der Waals surface area contributed by atoms with E-state index in [4.69, 9.17) is 4.42 Å². The van der Waals surface area contributed by atoms with E-state index >= 15 is 0 Å². The van der Waals surface area contributed by atoms with Gasteiger partial charge in [0, 0.05) is 24.7 Å². The lowest BCUT2D eigenvalue weighted by atomic mass is 10.0. The lowest BCUT2D eigenvalue weighted by Crippen LogP contribution is -2.29. The zero-order valence-electron chi connectivity index (χ0n) is 13.3. The molecule has 1 aliphatic carbocycles. The molecule has 3 nitrogen and oxygen atoms in total. The maximum absolute atomic E-state index is 5.66. The van der Waals surface area contributed by atoms with Crippen LogP contribution in [0, 0.1) is 5.92 Å². The number of hydrogen-bond acceptors (Lipinski definition) is 3. The summed E-state index contributed by atoms with van der Waals surface area (Å²) in [5, 5.41) is 3.54. The summed E-state index contributed by atoms with van der Waals surface area (Å²) < 4.78 is 5.66. The lowest BCUT2D eigenvalue weighted by molar-refractivity contribution is 0.224. The smallest absolute Gasteiger partial charge is 0.122 e. The summed E-state index contributed by atoms with van der Waals surface area (Å²) in [6.07, 6.45) is 7.03. The summed E-state index contributed by atoms with van der Waals surface area (Å²) in [4.78, 5) is 2.54. The van der Waals surface area contributed by atoms with Crippen molar-refractivity contribution in [3.63, 3.8) is 0 Å². The van der Waals surface area contributed by atoms with Crippen LogP contribution in [0.2, 0.25) is 0 Å². The molecule has 1 aliphatic rings. The Kier molecular flexibility index (Phi) is 6.11. The van der Waals surface area contributed by atoms with Gasteiger partial charge >= 0.3 is 0 Å². The van der Waals surface area contributed by atoms with Crippen molar-refractivity contribution in [3.05, 3.63) is 23.7 Å². The van der Waals surface area contributed by atoms with E-state index in [-0.39, 0.29) is 0 Å². The molecule has 0 saturated heterocycles. The Morgan fingerprint density at radius 3 is 2.65 bits per heavy atom. The molecule has 0 radical (unpaired) electrons. The number of hydrogen-bond donors (Lipinski definition) is 1. The lowest BCUT2D eigenvalue weighted by Gasteiger charge is -2.25. The van der Waals surface area contributed by atoms with Crippen LogP contribution in [0.5, 0.6) is 0 Å². The van der Waals surface area contributed by atoms with E-state index < -0.39 is 0 Å². The molecule has 1 aromatic heterocycles. The molecule has 0 atom stereocenters. The maximum Gasteiger partial charge on any atom is 0.122 e. The molecule has 114 valence electrons. The van der Waals surface area contributed by atoms with Crippen LogP contribution in [0.1, 0.15) is 57.8 Å². The molecule has 0 amide bonds. The zero-order chi connectivity index (χ0) is 14.4. The van der Waals surface area contributed by atoms with Crippen LogP contribution in [0.25, 0.3) is 0 Å². The fourth-order valence-corrected chi connectivity index (χ4v) is 2.65. The first-order valence-corrected chi connectivity index (χ1v) is 8.27. The molecule has 1 fully saturated rings. The van der Waals surface area contributed by atoms with Gasteiger partial charge in [0.15, 0.2) is 0 Å². The summed E-state index contributed by atoms with van der Waals surface area (Å²) >= 11 is 0. The van der Waals surface area contributed by atoms with Crippen LogP contribution < -0.4 is 5.32 Å². The van der Waals surface area contributed by atoms with Gasteiger partial charge in [-0.2, -0.15) is 0 Å². The van der Waals surface area contributed by atoms with Gasteiger partial charge in [-0.05, 0) is 31.4 Å². The second kappa shape index (κ2) is 7.84. The van der Waals surface area contributed by atoms with Gasteiger partial charge in [0.05, 0.1) is 12.8 Å². The van der Waals surface area contributed by atoms with E-state index in [0.717, 1.165) is 37.4 Å². The molecule has 0 unspecified atom stereocenters. The van der Waals surface area contributed by atoms with Gasteiger partial charge < -0.3 is 9.73 Å². The van der Waals surface area contributed by atoms with Gasteiger partial charge in [-0.3, -0.25) is 4.90 Å². The van der Waals surface area contributed by atoms with Crippen molar-refractivity contribution < 1.29 is 4.42 Å². The van der Waals surface area contributed by atoms with Crippen molar-refractivity contribution >= 4 is 0 Å². The minimum Gasteiger partial charge on any atom is -0.468 e. The molecule has 0 spiro atoms. The van der Waals surface area contributed by atoms with E-state index in [1.807, 2.05) is 6.26 Å². The predicted molar refractivity (Wildman–Crippen MR) is 83.6 cm³/mol. The zero-order valence-corrected chi connectivity index (χ0v) is 13.3. The third kappa shape index (κ3) is 4.64. The van der Waals surface area contributed by atoms with Crippen LogP contribution >= 0.6 is 0 Å². The van der Waals surface area contributed by atoms with E-state index in [2.05, 4.69) is 37.1 Å². The monoisotopic (exact) mass is 278 g/mol. The van der Waals surface area contributed by atoms with E-state index in [0.29, 0.717) is 0 Å². The second-order valence-electron chi connectivity index (χ2n) is 6.03. The van der Waals surface area contributed by atoms with Crippen LogP contribution in [-0.2, 0) is 13.1 Å².